The Bertz CT molecular complexity index is 955. The highest BCUT2D eigenvalue weighted by Crippen LogP contribution is 2.47. The van der Waals surface area contributed by atoms with Gasteiger partial charge in [-0.2, -0.15) is 5.10 Å². The number of hydrogen-bond acceptors (Lipinski definition) is 4. The molecular weight excluding hydrogens is 364 g/mol. The highest BCUT2D eigenvalue weighted by molar-refractivity contribution is 5.85. The van der Waals surface area contributed by atoms with Gasteiger partial charge in [-0.25, -0.2) is 5.43 Å². The maximum atomic E-state index is 12.3. The van der Waals surface area contributed by atoms with Crippen molar-refractivity contribution < 1.29 is 14.3 Å². The van der Waals surface area contributed by atoms with E-state index >= 15 is 0 Å². The van der Waals surface area contributed by atoms with E-state index in [0.717, 1.165) is 23.5 Å². The highest BCUT2D eigenvalue weighted by Gasteiger charge is 2.43. The minimum Gasteiger partial charge on any atom is -0.454 e. The smallest absolute Gasteiger partial charge is 0.243 e. The second-order valence-electron chi connectivity index (χ2n) is 8.55. The zero-order valence-corrected chi connectivity index (χ0v) is 17.0. The van der Waals surface area contributed by atoms with Crippen LogP contribution in [0.25, 0.3) is 6.08 Å². The molecule has 0 unspecified atom stereocenters. The molecule has 150 valence electrons. The summed E-state index contributed by atoms with van der Waals surface area (Å²) in [7, 11) is 0. The Kier molecular flexibility index (Phi) is 5.14. The predicted octanol–water partition coefficient (Wildman–Crippen LogP) is 4.63. The van der Waals surface area contributed by atoms with Crippen LogP contribution in [0, 0.1) is 5.92 Å². The number of nitrogens with zero attached hydrogens (tertiary/aromatic N) is 1. The minimum absolute atomic E-state index is 0.00507. The molecule has 0 radical (unpaired) electrons. The average Bonchev–Trinajstić information content (AvgIpc) is 3.37. The fourth-order valence-electron chi connectivity index (χ4n) is 3.48. The van der Waals surface area contributed by atoms with Crippen LogP contribution in [0.15, 0.2) is 53.6 Å². The Morgan fingerprint density at radius 2 is 1.86 bits per heavy atom. The molecular formula is C24H26N2O3. The molecule has 2 aromatic carbocycles. The third-order valence-corrected chi connectivity index (χ3v) is 5.35. The number of carbonyl (C=O) groups is 1. The van der Waals surface area contributed by atoms with Crippen molar-refractivity contribution in [3.05, 3.63) is 65.2 Å². The molecule has 2 aromatic rings. The van der Waals surface area contributed by atoms with E-state index < -0.39 is 0 Å². The number of fused-ring (bicyclic) bond motifs is 1. The van der Waals surface area contributed by atoms with Crippen LogP contribution in [0.4, 0.5) is 0 Å². The lowest BCUT2D eigenvalue weighted by Gasteiger charge is -2.19. The molecule has 1 aliphatic heterocycles. The summed E-state index contributed by atoms with van der Waals surface area (Å²) in [6.07, 6.45) is 6.14. The Hall–Kier alpha value is -3.08. The molecule has 5 nitrogen and oxygen atoms in total. The first-order valence-electron chi connectivity index (χ1n) is 9.91. The van der Waals surface area contributed by atoms with Crippen LogP contribution in [0.2, 0.25) is 0 Å². The number of nitrogens with one attached hydrogen (secondary N) is 1. The zero-order chi connectivity index (χ0) is 20.4. The molecule has 1 amide bonds. The van der Waals surface area contributed by atoms with Gasteiger partial charge in [0.1, 0.15) is 0 Å². The number of benzene rings is 2. The van der Waals surface area contributed by atoms with Gasteiger partial charge in [-0.15, -0.1) is 0 Å². The maximum Gasteiger partial charge on any atom is 0.243 e. The van der Waals surface area contributed by atoms with E-state index in [1.165, 1.54) is 11.1 Å². The maximum absolute atomic E-state index is 12.3. The van der Waals surface area contributed by atoms with Crippen LogP contribution in [0.3, 0.4) is 0 Å². The summed E-state index contributed by atoms with van der Waals surface area (Å²) in [6, 6.07) is 14.4. The molecule has 29 heavy (non-hydrogen) atoms. The Morgan fingerprint density at radius 3 is 2.62 bits per heavy atom. The summed E-state index contributed by atoms with van der Waals surface area (Å²) in [5.41, 5.74) is 6.30. The van der Waals surface area contributed by atoms with Gasteiger partial charge in [0.05, 0.1) is 0 Å². The fourth-order valence-corrected chi connectivity index (χ4v) is 3.48. The lowest BCUT2D eigenvalue weighted by atomic mass is 9.86. The van der Waals surface area contributed by atoms with Gasteiger partial charge in [-0.3, -0.25) is 4.79 Å². The Balaban J connectivity index is 1.26. The molecule has 0 aromatic heterocycles. The van der Waals surface area contributed by atoms with Gasteiger partial charge in [0.25, 0.3) is 0 Å². The average molecular weight is 390 g/mol. The van der Waals surface area contributed by atoms with Crippen LogP contribution < -0.4 is 14.9 Å². The molecule has 0 spiro atoms. The van der Waals surface area contributed by atoms with Crippen molar-refractivity contribution in [3.8, 4) is 11.5 Å². The number of carbonyl (C=O) groups excluding carboxylic acids is 1. The van der Waals surface area contributed by atoms with Crippen LogP contribution >= 0.6 is 0 Å². The molecule has 4 rings (SSSR count). The van der Waals surface area contributed by atoms with E-state index in [-0.39, 0.29) is 24.0 Å². The lowest BCUT2D eigenvalue weighted by molar-refractivity contribution is -0.122. The van der Waals surface area contributed by atoms with Crippen molar-refractivity contribution in [1.82, 2.24) is 5.43 Å². The van der Waals surface area contributed by atoms with Crippen molar-refractivity contribution in [3.63, 3.8) is 0 Å². The van der Waals surface area contributed by atoms with Crippen molar-refractivity contribution in [2.24, 2.45) is 11.0 Å². The van der Waals surface area contributed by atoms with Gasteiger partial charge < -0.3 is 9.47 Å². The van der Waals surface area contributed by atoms with Gasteiger partial charge in [0, 0.05) is 12.1 Å². The van der Waals surface area contributed by atoms with E-state index in [4.69, 9.17) is 9.47 Å². The van der Waals surface area contributed by atoms with Crippen molar-refractivity contribution >= 4 is 18.2 Å². The molecule has 2 atom stereocenters. The number of hydrazone groups is 1. The van der Waals surface area contributed by atoms with E-state index in [1.807, 2.05) is 24.3 Å². The van der Waals surface area contributed by atoms with Crippen LogP contribution in [0.1, 0.15) is 49.8 Å². The van der Waals surface area contributed by atoms with Crippen molar-refractivity contribution in [1.29, 1.82) is 0 Å². The van der Waals surface area contributed by atoms with Crippen LogP contribution in [-0.2, 0) is 10.2 Å². The van der Waals surface area contributed by atoms with Crippen LogP contribution in [0.5, 0.6) is 11.5 Å². The fraction of sp³-hybridized carbons (Fsp3) is 0.333. The Morgan fingerprint density at radius 1 is 1.10 bits per heavy atom. The summed E-state index contributed by atoms with van der Waals surface area (Å²) >= 11 is 0. The van der Waals surface area contributed by atoms with Gasteiger partial charge >= 0.3 is 0 Å². The van der Waals surface area contributed by atoms with Gasteiger partial charge in [0.2, 0.25) is 12.7 Å². The van der Waals surface area contributed by atoms with Crippen LogP contribution in [-0.4, -0.2) is 18.9 Å². The van der Waals surface area contributed by atoms with E-state index in [0.29, 0.717) is 5.92 Å². The lowest BCUT2D eigenvalue weighted by Crippen LogP contribution is -2.19. The quantitative estimate of drug-likeness (QED) is 0.598. The third-order valence-electron chi connectivity index (χ3n) is 5.35. The monoisotopic (exact) mass is 390 g/mol. The molecule has 5 heteroatoms. The largest absolute Gasteiger partial charge is 0.454 e. The second kappa shape index (κ2) is 7.74. The van der Waals surface area contributed by atoms with Crippen molar-refractivity contribution in [2.45, 2.75) is 38.5 Å². The number of amides is 1. The normalized spacial score (nSPS) is 20.4. The Labute approximate surface area is 171 Å². The van der Waals surface area contributed by atoms with E-state index in [2.05, 4.69) is 55.6 Å². The molecule has 1 saturated carbocycles. The number of hydrogen-bond donors (Lipinski definition) is 1. The molecule has 1 aliphatic carbocycles. The first-order chi connectivity index (χ1) is 13.9. The SMILES string of the molecule is CC(C)(C)c1ccc([C@@H]2C[C@@H]2C(=O)N/N=C/C=C/c2ccc3c(c2)OCO3)cc1. The predicted molar refractivity (Wildman–Crippen MR) is 114 cm³/mol. The minimum atomic E-state index is -0.0253. The standard InChI is InChI=1S/C24H26N2O3/c1-24(2,3)18-9-7-17(8-10-18)19-14-20(19)23(27)26-25-12-4-5-16-6-11-21-22(13-16)29-15-28-21/h4-13,19-20H,14-15H2,1-3H3,(H,26,27)/b5-4+,25-12+/t19-,20-/m0/s1. The molecule has 0 bridgehead atoms. The summed E-state index contributed by atoms with van der Waals surface area (Å²) in [6.45, 7) is 6.87. The molecule has 0 saturated heterocycles. The first kappa shape index (κ1) is 19.2. The molecule has 1 heterocycles. The summed E-state index contributed by atoms with van der Waals surface area (Å²) in [5.74, 6) is 1.78. The molecule has 1 fully saturated rings. The van der Waals surface area contributed by atoms with E-state index in [9.17, 15) is 4.79 Å². The summed E-state index contributed by atoms with van der Waals surface area (Å²) in [5, 5.41) is 4.03. The first-order valence-corrected chi connectivity index (χ1v) is 9.91. The number of ether oxygens (including phenoxy) is 2. The number of allylic oxidation sites excluding steroid dienone is 1. The highest BCUT2D eigenvalue weighted by atomic mass is 16.7. The summed E-state index contributed by atoms with van der Waals surface area (Å²) < 4.78 is 10.6. The summed E-state index contributed by atoms with van der Waals surface area (Å²) in [4.78, 5) is 12.3. The van der Waals surface area contributed by atoms with Crippen molar-refractivity contribution in [2.75, 3.05) is 6.79 Å². The molecule has 2 aliphatic rings. The number of rotatable bonds is 5. The molecule has 1 N–H and O–H groups in total. The topological polar surface area (TPSA) is 59.9 Å². The van der Waals surface area contributed by atoms with E-state index in [1.54, 1.807) is 12.3 Å². The third kappa shape index (κ3) is 4.50. The van der Waals surface area contributed by atoms with Gasteiger partial charge in [0.15, 0.2) is 11.5 Å². The zero-order valence-electron chi connectivity index (χ0n) is 17.0. The van der Waals surface area contributed by atoms with Gasteiger partial charge in [-0.1, -0.05) is 57.2 Å². The second-order valence-corrected chi connectivity index (χ2v) is 8.55. The van der Waals surface area contributed by atoms with Gasteiger partial charge in [-0.05, 0) is 52.7 Å².